The third-order valence-corrected chi connectivity index (χ3v) is 11.5. The van der Waals surface area contributed by atoms with Crippen LogP contribution in [0.2, 0.25) is 16.6 Å². The Bertz CT molecular complexity index is 708. The lowest BCUT2D eigenvalue weighted by Crippen LogP contribution is -2.43. The molecule has 0 aromatic carbocycles. The van der Waals surface area contributed by atoms with Gasteiger partial charge in [0.1, 0.15) is 8.07 Å². The first kappa shape index (κ1) is 18.5. The van der Waals surface area contributed by atoms with Crippen molar-refractivity contribution in [2.75, 3.05) is 0 Å². The molecule has 0 unspecified atom stereocenters. The molecule has 0 amide bonds. The maximum atomic E-state index is 4.52. The molecule has 2 nitrogen and oxygen atoms in total. The van der Waals surface area contributed by atoms with Gasteiger partial charge in [-0.2, -0.15) is 0 Å². The highest BCUT2D eigenvalue weighted by molar-refractivity contribution is 6.90. The quantitative estimate of drug-likeness (QED) is 0.520. The van der Waals surface area contributed by atoms with E-state index in [2.05, 4.69) is 87.9 Å². The molecule has 0 atom stereocenters. The summed E-state index contributed by atoms with van der Waals surface area (Å²) in [6, 6.07) is 8.16. The summed E-state index contributed by atoms with van der Waals surface area (Å²) in [5.74, 6) is 3.57. The van der Waals surface area contributed by atoms with Crippen LogP contribution >= 0.6 is 0 Å². The maximum absolute atomic E-state index is 4.52. The normalized spacial score (nSPS) is 11.9. The van der Waals surface area contributed by atoms with Crippen LogP contribution in [0.1, 0.15) is 47.1 Å². The Hall–Kier alpha value is -1.79. The second-order valence-corrected chi connectivity index (χ2v) is 13.1. The fourth-order valence-electron chi connectivity index (χ4n) is 4.06. The van der Waals surface area contributed by atoms with Crippen LogP contribution in [0.15, 0.2) is 36.7 Å². The predicted octanol–water partition coefficient (Wildman–Crippen LogP) is 5.66. The Kier molecular flexibility index (Phi) is 5.72. The van der Waals surface area contributed by atoms with Crippen molar-refractivity contribution in [3.63, 3.8) is 0 Å². The average Bonchev–Trinajstić information content (AvgIpc) is 2.88. The van der Waals surface area contributed by atoms with E-state index in [0.717, 1.165) is 17.0 Å². The lowest BCUT2D eigenvalue weighted by molar-refractivity contribution is 0.838. The Morgan fingerprint density at radius 1 is 0.958 bits per heavy atom. The van der Waals surface area contributed by atoms with Crippen molar-refractivity contribution >= 4 is 8.07 Å². The van der Waals surface area contributed by atoms with Crippen LogP contribution in [-0.4, -0.2) is 17.6 Å². The van der Waals surface area contributed by atoms with Gasteiger partial charge >= 0.3 is 0 Å². The van der Waals surface area contributed by atoms with Crippen LogP contribution in [0.4, 0.5) is 0 Å². The second-order valence-electron chi connectivity index (χ2n) is 7.55. The minimum atomic E-state index is -1.72. The minimum absolute atomic E-state index is 0.645. The summed E-state index contributed by atoms with van der Waals surface area (Å²) in [5, 5.41) is 0. The molecule has 0 spiro atoms. The lowest BCUT2D eigenvalue weighted by Gasteiger charge is -2.38. The van der Waals surface area contributed by atoms with E-state index in [4.69, 9.17) is 0 Å². The zero-order valence-electron chi connectivity index (χ0n) is 16.1. The Morgan fingerprint density at radius 2 is 1.58 bits per heavy atom. The van der Waals surface area contributed by atoms with Gasteiger partial charge < -0.3 is 4.57 Å². The van der Waals surface area contributed by atoms with Crippen LogP contribution in [0, 0.1) is 11.5 Å². The zero-order valence-corrected chi connectivity index (χ0v) is 17.1. The highest BCUT2D eigenvalue weighted by atomic mass is 28.3. The summed E-state index contributed by atoms with van der Waals surface area (Å²) < 4.78 is 2.12. The summed E-state index contributed by atoms with van der Waals surface area (Å²) >= 11 is 0. The molecule has 2 aromatic rings. The fourth-order valence-corrected chi connectivity index (χ4v) is 9.28. The largest absolute Gasteiger partial charge is 0.348 e. The minimum Gasteiger partial charge on any atom is -0.348 e. The van der Waals surface area contributed by atoms with Gasteiger partial charge in [-0.3, -0.25) is 4.98 Å². The zero-order chi connectivity index (χ0) is 17.9. The van der Waals surface area contributed by atoms with Gasteiger partial charge in [-0.05, 0) is 34.8 Å². The molecule has 24 heavy (non-hydrogen) atoms. The van der Waals surface area contributed by atoms with Crippen molar-refractivity contribution < 1.29 is 0 Å². The summed E-state index contributed by atoms with van der Waals surface area (Å²) in [4.78, 5) is 4.52. The van der Waals surface area contributed by atoms with Gasteiger partial charge in [0.2, 0.25) is 0 Å². The Balaban J connectivity index is 2.55. The molecule has 0 saturated carbocycles. The molecule has 0 aliphatic heterocycles. The molecule has 0 N–H and O–H groups in total. The summed E-state index contributed by atoms with van der Waals surface area (Å²) in [5.41, 5.74) is 8.95. The number of aryl methyl sites for hydroxylation is 1. The van der Waals surface area contributed by atoms with Crippen molar-refractivity contribution in [2.24, 2.45) is 7.05 Å². The number of hydrogen-bond acceptors (Lipinski definition) is 1. The molecule has 2 rings (SSSR count). The van der Waals surface area contributed by atoms with Gasteiger partial charge in [-0.15, -0.1) is 5.54 Å². The number of rotatable bonds is 4. The molecule has 2 aromatic heterocycles. The second kappa shape index (κ2) is 7.40. The van der Waals surface area contributed by atoms with E-state index in [1.165, 1.54) is 0 Å². The van der Waals surface area contributed by atoms with Gasteiger partial charge in [0.15, 0.2) is 0 Å². The van der Waals surface area contributed by atoms with E-state index in [-0.39, 0.29) is 0 Å². The SMILES string of the molecule is CC(C)[Si](C#Cc1ccn(C)c1-c1ccccn1)(C(C)C)C(C)C. The van der Waals surface area contributed by atoms with Crippen LogP contribution in [-0.2, 0) is 7.05 Å². The van der Waals surface area contributed by atoms with E-state index >= 15 is 0 Å². The Labute approximate surface area is 148 Å². The van der Waals surface area contributed by atoms with E-state index in [1.807, 2.05) is 18.3 Å². The first-order chi connectivity index (χ1) is 11.3. The van der Waals surface area contributed by atoms with E-state index in [9.17, 15) is 0 Å². The van der Waals surface area contributed by atoms with Crippen LogP contribution in [0.3, 0.4) is 0 Å². The molecule has 2 heterocycles. The molecular formula is C21H30N2Si. The van der Waals surface area contributed by atoms with Crippen molar-refractivity contribution in [2.45, 2.75) is 58.2 Å². The van der Waals surface area contributed by atoms with Crippen molar-refractivity contribution in [3.8, 4) is 22.9 Å². The smallest absolute Gasteiger partial charge is 0.146 e. The maximum Gasteiger partial charge on any atom is 0.146 e. The van der Waals surface area contributed by atoms with Crippen molar-refractivity contribution in [1.29, 1.82) is 0 Å². The van der Waals surface area contributed by atoms with E-state index in [0.29, 0.717) is 16.6 Å². The van der Waals surface area contributed by atoms with Crippen molar-refractivity contribution in [3.05, 3.63) is 42.2 Å². The Morgan fingerprint density at radius 3 is 2.08 bits per heavy atom. The molecular weight excluding hydrogens is 308 g/mol. The van der Waals surface area contributed by atoms with E-state index in [1.54, 1.807) is 0 Å². The first-order valence-corrected chi connectivity index (χ1v) is 11.1. The van der Waals surface area contributed by atoms with Gasteiger partial charge in [-0.1, -0.05) is 53.5 Å². The summed E-state index contributed by atoms with van der Waals surface area (Å²) in [6.07, 6.45) is 3.92. The van der Waals surface area contributed by atoms with Gasteiger partial charge in [0.25, 0.3) is 0 Å². The molecule has 128 valence electrons. The van der Waals surface area contributed by atoms with E-state index < -0.39 is 8.07 Å². The molecule has 0 fully saturated rings. The van der Waals surface area contributed by atoms with Crippen LogP contribution in [0.5, 0.6) is 0 Å². The molecule has 0 saturated heterocycles. The molecule has 0 aliphatic rings. The van der Waals surface area contributed by atoms with Crippen LogP contribution in [0.25, 0.3) is 11.4 Å². The number of nitrogens with zero attached hydrogens (tertiary/aromatic N) is 2. The monoisotopic (exact) mass is 338 g/mol. The number of aromatic nitrogens is 2. The third kappa shape index (κ3) is 3.35. The van der Waals surface area contributed by atoms with Gasteiger partial charge in [0.05, 0.1) is 17.0 Å². The predicted molar refractivity (Wildman–Crippen MR) is 107 cm³/mol. The molecule has 0 bridgehead atoms. The standard InChI is InChI=1S/C21H30N2Si/c1-16(2)24(17(3)4,18(5)6)15-12-19-11-14-23(7)21(19)20-10-8-9-13-22-20/h8-11,13-14,16-18H,1-7H3. The fraction of sp³-hybridized carbons (Fsp3) is 0.476. The first-order valence-electron chi connectivity index (χ1n) is 8.90. The third-order valence-electron chi connectivity index (χ3n) is 5.26. The summed E-state index contributed by atoms with van der Waals surface area (Å²) in [7, 11) is 0.347. The number of hydrogen-bond donors (Lipinski definition) is 0. The average molecular weight is 339 g/mol. The van der Waals surface area contributed by atoms with Gasteiger partial charge in [0, 0.05) is 19.4 Å². The topological polar surface area (TPSA) is 17.8 Å². The summed E-state index contributed by atoms with van der Waals surface area (Å²) in [6.45, 7) is 14.1. The molecule has 0 aliphatic carbocycles. The van der Waals surface area contributed by atoms with Crippen molar-refractivity contribution in [1.82, 2.24) is 9.55 Å². The highest BCUT2D eigenvalue weighted by Crippen LogP contribution is 2.40. The molecule has 0 radical (unpaired) electrons. The highest BCUT2D eigenvalue weighted by Gasteiger charge is 2.41. The molecule has 3 heteroatoms. The number of pyridine rings is 1. The van der Waals surface area contributed by atoms with Crippen LogP contribution < -0.4 is 0 Å². The lowest BCUT2D eigenvalue weighted by atomic mass is 10.2. The van der Waals surface area contributed by atoms with Gasteiger partial charge in [-0.25, -0.2) is 0 Å².